The van der Waals surface area contributed by atoms with Gasteiger partial charge >= 0.3 is 0 Å². The average Bonchev–Trinajstić information content (AvgIpc) is 3.14. The smallest absolute Gasteiger partial charge is 0.264 e. The summed E-state index contributed by atoms with van der Waals surface area (Å²) in [6.07, 6.45) is 3.49. The summed E-state index contributed by atoms with van der Waals surface area (Å²) in [4.78, 5) is 20.9. The summed E-state index contributed by atoms with van der Waals surface area (Å²) in [5, 5.41) is 2.70. The van der Waals surface area contributed by atoms with E-state index < -0.39 is 26.0 Å². The fraction of sp³-hybridized carbons (Fsp3) is 0.320. The van der Waals surface area contributed by atoms with Crippen LogP contribution in [0.5, 0.6) is 0 Å². The third-order valence-corrected chi connectivity index (χ3v) is 9.73. The number of rotatable bonds is 7. The Hall–Kier alpha value is -3.06. The first-order chi connectivity index (χ1) is 18.0. The highest BCUT2D eigenvalue weighted by molar-refractivity contribution is 7.92. The lowest BCUT2D eigenvalue weighted by Crippen LogP contribution is -2.32. The Bertz CT molecular complexity index is 1530. The van der Waals surface area contributed by atoms with Crippen LogP contribution in [0.1, 0.15) is 47.4 Å². The van der Waals surface area contributed by atoms with Gasteiger partial charge in [0.15, 0.2) is 0 Å². The fourth-order valence-electron chi connectivity index (χ4n) is 4.13. The third kappa shape index (κ3) is 6.49. The molecule has 13 heteroatoms. The normalized spacial score (nSPS) is 15.0. The van der Waals surface area contributed by atoms with Crippen LogP contribution in [0.2, 0.25) is 5.02 Å². The van der Waals surface area contributed by atoms with Crippen LogP contribution in [0.25, 0.3) is 0 Å². The van der Waals surface area contributed by atoms with E-state index in [4.69, 9.17) is 11.6 Å². The first kappa shape index (κ1) is 28.0. The highest BCUT2D eigenvalue weighted by Gasteiger charge is 2.28. The molecule has 2 N–H and O–H groups in total. The highest BCUT2D eigenvalue weighted by atomic mass is 35.5. The number of benzene rings is 2. The molecule has 0 radical (unpaired) electrons. The lowest BCUT2D eigenvalue weighted by atomic mass is 10.2. The number of nitrogens with one attached hydrogen (secondary N) is 2. The molecule has 4 rings (SSSR count). The minimum Gasteiger partial charge on any atom is -0.322 e. The van der Waals surface area contributed by atoms with E-state index in [1.54, 1.807) is 19.9 Å². The number of carbonyl (C=O) groups is 1. The van der Waals surface area contributed by atoms with Crippen LogP contribution < -0.4 is 10.0 Å². The summed E-state index contributed by atoms with van der Waals surface area (Å²) in [6, 6.07) is 11.3. The molecular formula is C25H28ClN5O5S2. The summed E-state index contributed by atoms with van der Waals surface area (Å²) < 4.78 is 55.7. The summed E-state index contributed by atoms with van der Waals surface area (Å²) >= 11 is 6.23. The van der Waals surface area contributed by atoms with Gasteiger partial charge in [0.1, 0.15) is 4.90 Å². The Balaban J connectivity index is 1.50. The second-order valence-electron chi connectivity index (χ2n) is 9.02. The van der Waals surface area contributed by atoms with Gasteiger partial charge in [-0.25, -0.2) is 31.5 Å². The molecule has 1 saturated heterocycles. The summed E-state index contributed by atoms with van der Waals surface area (Å²) in [6.45, 7) is 4.29. The van der Waals surface area contributed by atoms with Crippen LogP contribution in [-0.4, -0.2) is 50.1 Å². The third-order valence-electron chi connectivity index (χ3n) is 6.01. The molecule has 38 heavy (non-hydrogen) atoms. The molecule has 0 aliphatic carbocycles. The molecule has 0 bridgehead atoms. The first-order valence-electron chi connectivity index (χ1n) is 12.0. The molecule has 202 valence electrons. The van der Waals surface area contributed by atoms with Crippen LogP contribution in [0, 0.1) is 13.8 Å². The van der Waals surface area contributed by atoms with Crippen molar-refractivity contribution < 1.29 is 21.6 Å². The Labute approximate surface area is 227 Å². The fourth-order valence-corrected chi connectivity index (χ4v) is 7.10. The molecule has 2 aromatic carbocycles. The van der Waals surface area contributed by atoms with Gasteiger partial charge in [-0.1, -0.05) is 24.4 Å². The van der Waals surface area contributed by atoms with Crippen molar-refractivity contribution in [2.45, 2.75) is 49.3 Å². The van der Waals surface area contributed by atoms with Gasteiger partial charge in [0, 0.05) is 35.7 Å². The predicted octanol–water partition coefficient (Wildman–Crippen LogP) is 4.36. The summed E-state index contributed by atoms with van der Waals surface area (Å²) in [5.41, 5.74) is 1.67. The van der Waals surface area contributed by atoms with Gasteiger partial charge in [-0.15, -0.1) is 0 Å². The molecular weight excluding hydrogens is 550 g/mol. The van der Waals surface area contributed by atoms with Crippen LogP contribution in [0.3, 0.4) is 0 Å². The van der Waals surface area contributed by atoms with E-state index in [1.807, 2.05) is 0 Å². The van der Waals surface area contributed by atoms with Crippen molar-refractivity contribution in [1.29, 1.82) is 0 Å². The molecule has 1 fully saturated rings. The van der Waals surface area contributed by atoms with Crippen molar-refractivity contribution >= 4 is 49.2 Å². The summed E-state index contributed by atoms with van der Waals surface area (Å²) in [5.74, 6) is -0.597. The second-order valence-corrected chi connectivity index (χ2v) is 13.0. The molecule has 10 nitrogen and oxygen atoms in total. The van der Waals surface area contributed by atoms with Gasteiger partial charge < -0.3 is 5.32 Å². The monoisotopic (exact) mass is 577 g/mol. The number of carbonyl (C=O) groups excluding carboxylic acids is 1. The van der Waals surface area contributed by atoms with E-state index in [1.165, 1.54) is 46.8 Å². The number of sulfonamides is 2. The van der Waals surface area contributed by atoms with Gasteiger partial charge in [0.25, 0.3) is 15.9 Å². The Morgan fingerprint density at radius 2 is 1.47 bits per heavy atom. The largest absolute Gasteiger partial charge is 0.322 e. The molecule has 1 aliphatic heterocycles. The molecule has 1 aromatic heterocycles. The highest BCUT2D eigenvalue weighted by Crippen LogP contribution is 2.28. The lowest BCUT2D eigenvalue weighted by Gasteiger charge is -2.21. The topological polar surface area (TPSA) is 138 Å². The van der Waals surface area contributed by atoms with Gasteiger partial charge in [-0.2, -0.15) is 4.31 Å². The molecule has 0 spiro atoms. The van der Waals surface area contributed by atoms with Gasteiger partial charge in [-0.3, -0.25) is 4.79 Å². The first-order valence-corrected chi connectivity index (χ1v) is 15.3. The van der Waals surface area contributed by atoms with E-state index in [0.717, 1.165) is 25.7 Å². The maximum atomic E-state index is 13.2. The molecule has 1 amide bonds. The Morgan fingerprint density at radius 3 is 2.08 bits per heavy atom. The minimum atomic E-state index is -3.96. The molecule has 0 unspecified atom stereocenters. The van der Waals surface area contributed by atoms with Crippen LogP contribution >= 0.6 is 11.6 Å². The number of halogens is 1. The summed E-state index contributed by atoms with van der Waals surface area (Å²) in [7, 11) is -7.82. The SMILES string of the molecule is Cc1cc(C)nc(NS(=O)(=O)c2ccc(NC(=O)c3ccc(Cl)c(S(=O)(=O)N4CCCCCC4)c3)cc2)n1. The molecule has 0 saturated carbocycles. The number of amides is 1. The van der Waals surface area contributed by atoms with Crippen molar-refractivity contribution in [3.63, 3.8) is 0 Å². The van der Waals surface area contributed by atoms with Crippen molar-refractivity contribution in [3.8, 4) is 0 Å². The second kappa shape index (κ2) is 11.4. The van der Waals surface area contributed by atoms with Gasteiger partial charge in [0.05, 0.1) is 9.92 Å². The van der Waals surface area contributed by atoms with Crippen molar-refractivity contribution in [1.82, 2.24) is 14.3 Å². The Kier molecular flexibility index (Phi) is 8.36. The molecule has 1 aliphatic rings. The number of nitrogens with zero attached hydrogens (tertiary/aromatic N) is 3. The maximum absolute atomic E-state index is 13.2. The lowest BCUT2D eigenvalue weighted by molar-refractivity contribution is 0.102. The van der Waals surface area contributed by atoms with Crippen LogP contribution in [-0.2, 0) is 20.0 Å². The number of aromatic nitrogens is 2. The van der Waals surface area contributed by atoms with Crippen LogP contribution in [0.15, 0.2) is 58.3 Å². The molecule has 3 aromatic rings. The molecule has 2 heterocycles. The van der Waals surface area contributed by atoms with Gasteiger partial charge in [-0.05, 0) is 75.2 Å². The zero-order valence-corrected chi connectivity index (χ0v) is 23.3. The minimum absolute atomic E-state index is 0.0337. The number of hydrogen-bond acceptors (Lipinski definition) is 7. The quantitative estimate of drug-likeness (QED) is 0.425. The van der Waals surface area contributed by atoms with E-state index in [2.05, 4.69) is 20.0 Å². The van der Waals surface area contributed by atoms with Crippen molar-refractivity contribution in [2.24, 2.45) is 0 Å². The average molecular weight is 578 g/mol. The van der Waals surface area contributed by atoms with Crippen LogP contribution in [0.4, 0.5) is 11.6 Å². The zero-order valence-electron chi connectivity index (χ0n) is 20.9. The number of anilines is 2. The van der Waals surface area contributed by atoms with Crippen molar-refractivity contribution in [2.75, 3.05) is 23.1 Å². The standard InChI is InChI=1S/C25H28ClN5O5S2/c1-17-15-18(2)28-25(27-17)30-37(33,34)21-10-8-20(9-11-21)29-24(32)19-7-12-22(26)23(16-19)38(35,36)31-13-5-3-4-6-14-31/h7-12,15-16H,3-6,13-14H2,1-2H3,(H,29,32)(H,27,28,30). The zero-order chi connectivity index (χ0) is 27.5. The van der Waals surface area contributed by atoms with E-state index in [-0.39, 0.29) is 26.3 Å². The molecule has 0 atom stereocenters. The predicted molar refractivity (Wildman–Crippen MR) is 145 cm³/mol. The van der Waals surface area contributed by atoms with Gasteiger partial charge in [0.2, 0.25) is 16.0 Å². The maximum Gasteiger partial charge on any atom is 0.264 e. The number of hydrogen-bond donors (Lipinski definition) is 2. The number of aryl methyl sites for hydroxylation is 2. The van der Waals surface area contributed by atoms with E-state index >= 15 is 0 Å². The van der Waals surface area contributed by atoms with E-state index in [9.17, 15) is 21.6 Å². The Morgan fingerprint density at radius 1 is 0.868 bits per heavy atom. The van der Waals surface area contributed by atoms with E-state index in [0.29, 0.717) is 30.2 Å². The van der Waals surface area contributed by atoms with Crippen molar-refractivity contribution in [3.05, 3.63) is 70.5 Å².